The molecule has 2 atom stereocenters. The van der Waals surface area contributed by atoms with E-state index in [1.807, 2.05) is 59.6 Å². The molecule has 3 heterocycles. The number of carboxylic acids is 2. The maximum atomic E-state index is 12.7. The van der Waals surface area contributed by atoms with Crippen LogP contribution in [0, 0.1) is 11.8 Å². The molecule has 36 heavy (non-hydrogen) atoms. The number of rotatable bonds is 3. The molecule has 2 fully saturated rings. The molecule has 196 valence electrons. The maximum absolute atomic E-state index is 12.7. The first kappa shape index (κ1) is 28.6. The molecule has 2 unspecified atom stereocenters. The molecule has 2 aliphatic heterocycles. The summed E-state index contributed by atoms with van der Waals surface area (Å²) in [5.41, 5.74) is 2.10. The third kappa shape index (κ3) is 8.22. The predicted molar refractivity (Wildman–Crippen MR) is 113 cm³/mol. The zero-order chi connectivity index (χ0) is 27.1. The summed E-state index contributed by atoms with van der Waals surface area (Å²) in [5.74, 6) is -4.65. The predicted octanol–water partition coefficient (Wildman–Crippen LogP) is 3.44. The van der Waals surface area contributed by atoms with Crippen LogP contribution in [0.4, 0.5) is 32.0 Å². The first-order valence-electron chi connectivity index (χ1n) is 10.3. The number of benzene rings is 1. The number of amides is 1. The van der Waals surface area contributed by atoms with Crippen molar-refractivity contribution in [1.82, 2.24) is 9.88 Å². The Balaban J connectivity index is 0.000000271. The number of aromatic nitrogens is 1. The smallest absolute Gasteiger partial charge is 0.475 e. The molecule has 0 saturated carbocycles. The van der Waals surface area contributed by atoms with Crippen LogP contribution in [0.5, 0.6) is 0 Å². The monoisotopic (exact) mass is 521 g/mol. The number of halogens is 6. The van der Waals surface area contributed by atoms with Crippen molar-refractivity contribution in [3.63, 3.8) is 0 Å². The fourth-order valence-corrected chi connectivity index (χ4v) is 3.64. The molecular weight excluding hydrogens is 500 g/mol. The summed E-state index contributed by atoms with van der Waals surface area (Å²) >= 11 is 0. The second kappa shape index (κ2) is 11.8. The van der Waals surface area contributed by atoms with Gasteiger partial charge in [0.05, 0.1) is 11.6 Å². The third-order valence-corrected chi connectivity index (χ3v) is 5.18. The minimum absolute atomic E-state index is 0.143. The molecule has 0 radical (unpaired) electrons. The van der Waals surface area contributed by atoms with E-state index in [0.29, 0.717) is 5.92 Å². The van der Waals surface area contributed by atoms with Gasteiger partial charge in [-0.05, 0) is 24.3 Å². The number of aliphatic carboxylic acids is 2. The van der Waals surface area contributed by atoms with Crippen LogP contribution >= 0.6 is 0 Å². The molecule has 4 rings (SSSR count). The molecule has 0 bridgehead atoms. The van der Waals surface area contributed by atoms with Crippen molar-refractivity contribution in [3.8, 4) is 0 Å². The lowest BCUT2D eigenvalue weighted by atomic mass is 10.0. The van der Waals surface area contributed by atoms with Crippen LogP contribution in [-0.2, 0) is 20.9 Å². The topological polar surface area (TPSA) is 111 Å². The van der Waals surface area contributed by atoms with Gasteiger partial charge in [0.15, 0.2) is 0 Å². The van der Waals surface area contributed by atoms with Crippen molar-refractivity contribution in [2.45, 2.75) is 18.9 Å². The summed E-state index contributed by atoms with van der Waals surface area (Å²) in [5, 5.41) is 14.2. The Morgan fingerprint density at radius 2 is 1.39 bits per heavy atom. The lowest BCUT2D eigenvalue weighted by Crippen LogP contribution is -2.32. The number of carbonyl (C=O) groups excluding carboxylic acids is 1. The van der Waals surface area contributed by atoms with E-state index in [0.717, 1.165) is 37.6 Å². The average Bonchev–Trinajstić information content (AvgIpc) is 3.33. The zero-order valence-electron chi connectivity index (χ0n) is 18.4. The molecular formula is C22H21F6N3O5. The third-order valence-electron chi connectivity index (χ3n) is 5.18. The lowest BCUT2D eigenvalue weighted by molar-refractivity contribution is -0.193. The van der Waals surface area contributed by atoms with Crippen molar-refractivity contribution in [1.29, 1.82) is 0 Å². The van der Waals surface area contributed by atoms with Gasteiger partial charge in [0.1, 0.15) is 0 Å². The number of anilines is 1. The Hall–Kier alpha value is -3.68. The van der Waals surface area contributed by atoms with Crippen molar-refractivity contribution in [2.24, 2.45) is 11.8 Å². The summed E-state index contributed by atoms with van der Waals surface area (Å²) in [6.45, 7) is 3.51. The van der Waals surface area contributed by atoms with Crippen LogP contribution in [-0.4, -0.2) is 69.9 Å². The number of likely N-dealkylation sites (tertiary alicyclic amines) is 1. The molecule has 0 spiro atoms. The average molecular weight is 521 g/mol. The Morgan fingerprint density at radius 1 is 0.861 bits per heavy atom. The highest BCUT2D eigenvalue weighted by Crippen LogP contribution is 2.35. The van der Waals surface area contributed by atoms with E-state index in [9.17, 15) is 31.1 Å². The van der Waals surface area contributed by atoms with E-state index in [1.54, 1.807) is 0 Å². The maximum Gasteiger partial charge on any atom is 0.490 e. The van der Waals surface area contributed by atoms with Crippen LogP contribution < -0.4 is 4.90 Å². The Bertz CT molecular complexity index is 1010. The van der Waals surface area contributed by atoms with Gasteiger partial charge in [-0.3, -0.25) is 14.7 Å². The highest BCUT2D eigenvalue weighted by Gasteiger charge is 2.46. The standard InChI is InChI=1S/C18H19N3O.2C2HF3O2/c22-18-17-13-20(12-15-6-4-5-9-19-15)10-14(17)11-21(18)16-7-2-1-3-8-16;2*3-2(4,5)1(6)7/h1-9,14,17H,10-13H2;2*(H,6,7). The van der Waals surface area contributed by atoms with Gasteiger partial charge < -0.3 is 15.1 Å². The van der Waals surface area contributed by atoms with Gasteiger partial charge >= 0.3 is 24.3 Å². The number of carbonyl (C=O) groups is 3. The zero-order valence-corrected chi connectivity index (χ0v) is 18.4. The van der Waals surface area contributed by atoms with Crippen LogP contribution in [0.3, 0.4) is 0 Å². The Labute approximate surface area is 200 Å². The number of carboxylic acid groups (broad SMARTS) is 2. The number of fused-ring (bicyclic) bond motifs is 1. The molecule has 14 heteroatoms. The van der Waals surface area contributed by atoms with Gasteiger partial charge in [0.2, 0.25) is 5.91 Å². The highest BCUT2D eigenvalue weighted by molar-refractivity contribution is 5.98. The van der Waals surface area contributed by atoms with E-state index in [4.69, 9.17) is 19.8 Å². The van der Waals surface area contributed by atoms with Crippen LogP contribution in [0.1, 0.15) is 5.69 Å². The second-order valence-electron chi connectivity index (χ2n) is 7.77. The van der Waals surface area contributed by atoms with E-state index in [2.05, 4.69) is 9.88 Å². The minimum Gasteiger partial charge on any atom is -0.475 e. The van der Waals surface area contributed by atoms with Gasteiger partial charge in [-0.25, -0.2) is 9.59 Å². The SMILES string of the molecule is O=C(O)C(F)(F)F.O=C(O)C(F)(F)F.O=C1C2CN(Cc3ccccn3)CC2CN1c1ccccc1. The van der Waals surface area contributed by atoms with E-state index in [-0.39, 0.29) is 11.8 Å². The van der Waals surface area contributed by atoms with E-state index < -0.39 is 24.3 Å². The van der Waals surface area contributed by atoms with Gasteiger partial charge in [-0.2, -0.15) is 26.3 Å². The molecule has 1 aromatic carbocycles. The summed E-state index contributed by atoms with van der Waals surface area (Å²) in [6, 6.07) is 16.0. The molecule has 1 amide bonds. The number of pyridine rings is 1. The summed E-state index contributed by atoms with van der Waals surface area (Å²) < 4.78 is 63.5. The van der Waals surface area contributed by atoms with Crippen molar-refractivity contribution < 1.29 is 50.9 Å². The number of hydrogen-bond donors (Lipinski definition) is 2. The summed E-state index contributed by atoms with van der Waals surface area (Å²) in [4.78, 5) is 39.2. The fraction of sp³-hybridized carbons (Fsp3) is 0.364. The number of nitrogens with zero attached hydrogens (tertiary/aromatic N) is 3. The largest absolute Gasteiger partial charge is 0.490 e. The molecule has 2 N–H and O–H groups in total. The van der Waals surface area contributed by atoms with Gasteiger partial charge in [-0.15, -0.1) is 0 Å². The van der Waals surface area contributed by atoms with E-state index in [1.165, 1.54) is 0 Å². The van der Waals surface area contributed by atoms with Gasteiger partial charge in [0.25, 0.3) is 0 Å². The molecule has 1 aromatic heterocycles. The van der Waals surface area contributed by atoms with Crippen molar-refractivity contribution in [3.05, 3.63) is 60.4 Å². The first-order valence-corrected chi connectivity index (χ1v) is 10.3. The number of alkyl halides is 6. The highest BCUT2D eigenvalue weighted by atomic mass is 19.4. The van der Waals surface area contributed by atoms with E-state index >= 15 is 0 Å². The normalized spacial score (nSPS) is 19.5. The summed E-state index contributed by atoms with van der Waals surface area (Å²) in [7, 11) is 0. The molecule has 2 aromatic rings. The van der Waals surface area contributed by atoms with Crippen molar-refractivity contribution >= 4 is 23.5 Å². The van der Waals surface area contributed by atoms with Crippen LogP contribution in [0.25, 0.3) is 0 Å². The summed E-state index contributed by atoms with van der Waals surface area (Å²) in [6.07, 6.45) is -8.34. The van der Waals surface area contributed by atoms with Crippen LogP contribution in [0.2, 0.25) is 0 Å². The number of hydrogen-bond acceptors (Lipinski definition) is 5. The van der Waals surface area contributed by atoms with Crippen LogP contribution in [0.15, 0.2) is 54.7 Å². The Kier molecular flexibility index (Phi) is 9.39. The quantitative estimate of drug-likeness (QED) is 0.596. The molecule has 0 aliphatic carbocycles. The second-order valence-corrected chi connectivity index (χ2v) is 7.77. The molecule has 2 saturated heterocycles. The Morgan fingerprint density at radius 3 is 1.83 bits per heavy atom. The van der Waals surface area contributed by atoms with Gasteiger partial charge in [0, 0.05) is 44.0 Å². The first-order chi connectivity index (χ1) is 16.7. The lowest BCUT2D eigenvalue weighted by Gasteiger charge is -2.21. The number of para-hydroxylation sites is 1. The fourth-order valence-electron chi connectivity index (χ4n) is 3.64. The minimum atomic E-state index is -5.08. The van der Waals surface area contributed by atoms with Crippen molar-refractivity contribution in [2.75, 3.05) is 24.5 Å². The molecule has 2 aliphatic rings. The molecule has 8 nitrogen and oxygen atoms in total. The van der Waals surface area contributed by atoms with Gasteiger partial charge in [-0.1, -0.05) is 24.3 Å².